The summed E-state index contributed by atoms with van der Waals surface area (Å²) < 4.78 is 11.7. The van der Waals surface area contributed by atoms with Crippen molar-refractivity contribution in [3.8, 4) is 11.5 Å². The van der Waals surface area contributed by atoms with Crippen LogP contribution in [0.3, 0.4) is 0 Å². The summed E-state index contributed by atoms with van der Waals surface area (Å²) >= 11 is 1.42. The number of carbonyl (C=O) groups excluding carboxylic acids is 1. The predicted molar refractivity (Wildman–Crippen MR) is 138 cm³/mol. The van der Waals surface area contributed by atoms with E-state index in [1.807, 2.05) is 62.4 Å². The number of hydrogen-bond acceptors (Lipinski definition) is 5. The molecule has 1 atom stereocenters. The molecule has 0 unspecified atom stereocenters. The number of carbonyl (C=O) groups is 1. The molecule has 6 heteroatoms. The van der Waals surface area contributed by atoms with Crippen LogP contribution < -0.4 is 9.47 Å². The van der Waals surface area contributed by atoms with E-state index >= 15 is 0 Å². The molecule has 3 rings (SSSR count). The molecule has 1 fully saturated rings. The van der Waals surface area contributed by atoms with Gasteiger partial charge in [-0.25, -0.2) is 4.99 Å². The van der Waals surface area contributed by atoms with E-state index in [1.54, 1.807) is 4.90 Å². The number of aliphatic imine (C=N–C) groups is 1. The average molecular weight is 467 g/mol. The fourth-order valence-corrected chi connectivity index (χ4v) is 4.37. The minimum atomic E-state index is -0.0155. The Labute approximate surface area is 201 Å². The van der Waals surface area contributed by atoms with Crippen molar-refractivity contribution in [2.75, 3.05) is 13.2 Å². The van der Waals surface area contributed by atoms with Crippen molar-refractivity contribution in [3.05, 3.63) is 58.5 Å². The summed E-state index contributed by atoms with van der Waals surface area (Å²) in [6, 6.07) is 13.9. The van der Waals surface area contributed by atoms with Crippen LogP contribution in [0.5, 0.6) is 11.5 Å². The quantitative estimate of drug-likeness (QED) is 0.380. The number of ether oxygens (including phenoxy) is 2. The van der Waals surface area contributed by atoms with E-state index in [-0.39, 0.29) is 11.9 Å². The number of nitrogens with zero attached hydrogens (tertiary/aromatic N) is 2. The monoisotopic (exact) mass is 466 g/mol. The maximum atomic E-state index is 13.3. The molecule has 0 aromatic heterocycles. The van der Waals surface area contributed by atoms with Gasteiger partial charge in [0.2, 0.25) is 0 Å². The molecule has 0 radical (unpaired) electrons. The van der Waals surface area contributed by atoms with Crippen LogP contribution in [0.15, 0.2) is 52.4 Å². The Kier molecular flexibility index (Phi) is 8.61. The van der Waals surface area contributed by atoms with Gasteiger partial charge in [-0.05, 0) is 80.8 Å². The van der Waals surface area contributed by atoms with Crippen LogP contribution in [0.1, 0.15) is 52.2 Å². The first-order valence-corrected chi connectivity index (χ1v) is 12.4. The molecule has 1 aliphatic rings. The van der Waals surface area contributed by atoms with Gasteiger partial charge in [-0.3, -0.25) is 9.69 Å². The van der Waals surface area contributed by atoms with Gasteiger partial charge in [0.15, 0.2) is 16.7 Å². The topological polar surface area (TPSA) is 51.1 Å². The Hall–Kier alpha value is -2.73. The lowest BCUT2D eigenvalue weighted by molar-refractivity contribution is -0.123. The van der Waals surface area contributed by atoms with Crippen LogP contribution in [0.4, 0.5) is 5.69 Å². The summed E-state index contributed by atoms with van der Waals surface area (Å²) in [6.45, 7) is 13.5. The zero-order valence-electron chi connectivity index (χ0n) is 20.4. The highest BCUT2D eigenvalue weighted by molar-refractivity contribution is 8.18. The molecule has 2 aromatic carbocycles. The van der Waals surface area contributed by atoms with E-state index in [0.717, 1.165) is 23.4 Å². The van der Waals surface area contributed by atoms with Crippen LogP contribution in [0, 0.1) is 12.8 Å². The van der Waals surface area contributed by atoms with Crippen molar-refractivity contribution in [1.29, 1.82) is 0 Å². The number of hydrogen-bond donors (Lipinski definition) is 0. The van der Waals surface area contributed by atoms with Gasteiger partial charge in [-0.15, -0.1) is 0 Å². The Morgan fingerprint density at radius 3 is 2.39 bits per heavy atom. The van der Waals surface area contributed by atoms with Crippen molar-refractivity contribution in [2.24, 2.45) is 10.9 Å². The van der Waals surface area contributed by atoms with E-state index in [4.69, 9.17) is 14.5 Å². The molecule has 176 valence electrons. The van der Waals surface area contributed by atoms with Gasteiger partial charge >= 0.3 is 0 Å². The molecule has 0 N–H and O–H groups in total. The Morgan fingerprint density at radius 2 is 1.76 bits per heavy atom. The van der Waals surface area contributed by atoms with Crippen LogP contribution >= 0.6 is 11.8 Å². The summed E-state index contributed by atoms with van der Waals surface area (Å²) in [6.07, 6.45) is 2.76. The standard InChI is InChI=1S/C27H34N2O3S/c1-7-20(6)29-26(30)25(33-27(29)28-22-12-9-19(5)10-13-22)16-21-11-14-23(32-17-18(3)4)24(15-21)31-8-2/h9-16,18,20H,7-8,17H2,1-6H3/b25-16+,28-27?/t20-/m0/s1. The second kappa shape index (κ2) is 11.4. The van der Waals surface area contributed by atoms with Gasteiger partial charge < -0.3 is 9.47 Å². The molecule has 2 aromatic rings. The maximum absolute atomic E-state index is 13.3. The van der Waals surface area contributed by atoms with Crippen molar-refractivity contribution in [1.82, 2.24) is 4.90 Å². The number of thioether (sulfide) groups is 1. The van der Waals surface area contributed by atoms with Gasteiger partial charge in [0.05, 0.1) is 23.8 Å². The zero-order chi connectivity index (χ0) is 24.0. The van der Waals surface area contributed by atoms with Gasteiger partial charge in [-0.1, -0.05) is 44.5 Å². The van der Waals surface area contributed by atoms with Crippen LogP contribution in [0.2, 0.25) is 0 Å². The summed E-state index contributed by atoms with van der Waals surface area (Å²) in [7, 11) is 0. The van der Waals surface area contributed by atoms with Gasteiger partial charge in [0, 0.05) is 6.04 Å². The molecule has 1 aliphatic heterocycles. The maximum Gasteiger partial charge on any atom is 0.266 e. The fourth-order valence-electron chi connectivity index (χ4n) is 3.28. The first-order valence-electron chi connectivity index (χ1n) is 11.6. The Morgan fingerprint density at radius 1 is 1.03 bits per heavy atom. The number of benzene rings is 2. The molecule has 33 heavy (non-hydrogen) atoms. The summed E-state index contributed by atoms with van der Waals surface area (Å²) in [4.78, 5) is 20.6. The number of amidine groups is 1. The lowest BCUT2D eigenvalue weighted by atomic mass is 10.1. The average Bonchev–Trinajstić information content (AvgIpc) is 3.09. The molecule has 0 bridgehead atoms. The van der Waals surface area contributed by atoms with E-state index < -0.39 is 0 Å². The van der Waals surface area contributed by atoms with Gasteiger partial charge in [-0.2, -0.15) is 0 Å². The third-order valence-corrected chi connectivity index (χ3v) is 6.25. The Bertz CT molecular complexity index is 1030. The minimum Gasteiger partial charge on any atom is -0.490 e. The predicted octanol–water partition coefficient (Wildman–Crippen LogP) is 6.83. The zero-order valence-corrected chi connectivity index (χ0v) is 21.2. The van der Waals surface area contributed by atoms with Crippen molar-refractivity contribution < 1.29 is 14.3 Å². The number of amides is 1. The molecule has 0 saturated carbocycles. The van der Waals surface area contributed by atoms with Crippen LogP contribution in [-0.4, -0.2) is 35.2 Å². The third kappa shape index (κ3) is 6.41. The van der Waals surface area contributed by atoms with Gasteiger partial charge in [0.25, 0.3) is 5.91 Å². The highest BCUT2D eigenvalue weighted by Gasteiger charge is 2.36. The lowest BCUT2D eigenvalue weighted by Crippen LogP contribution is -2.36. The number of rotatable bonds is 9. The van der Waals surface area contributed by atoms with E-state index in [9.17, 15) is 4.79 Å². The van der Waals surface area contributed by atoms with Crippen LogP contribution in [0.25, 0.3) is 6.08 Å². The SMILES string of the molecule is CCOc1cc(/C=C2/SC(=Nc3ccc(C)cc3)N([C@@H](C)CC)C2=O)ccc1OCC(C)C. The highest BCUT2D eigenvalue weighted by Crippen LogP contribution is 2.37. The molecular formula is C27H34N2O3S. The fraction of sp³-hybridized carbons (Fsp3) is 0.407. The Balaban J connectivity index is 1.93. The molecule has 5 nitrogen and oxygen atoms in total. The summed E-state index contributed by atoms with van der Waals surface area (Å²) in [5.74, 6) is 1.82. The number of aryl methyl sites for hydroxylation is 1. The molecule has 1 amide bonds. The third-order valence-electron chi connectivity index (χ3n) is 5.26. The van der Waals surface area contributed by atoms with Crippen molar-refractivity contribution in [3.63, 3.8) is 0 Å². The first kappa shape index (κ1) is 24.9. The molecule has 1 heterocycles. The highest BCUT2D eigenvalue weighted by atomic mass is 32.2. The second-order valence-corrected chi connectivity index (χ2v) is 9.63. The summed E-state index contributed by atoms with van der Waals surface area (Å²) in [5.41, 5.74) is 2.92. The summed E-state index contributed by atoms with van der Waals surface area (Å²) in [5, 5.41) is 0.714. The smallest absolute Gasteiger partial charge is 0.266 e. The molecule has 1 saturated heterocycles. The first-order chi connectivity index (χ1) is 15.8. The van der Waals surface area contributed by atoms with Crippen molar-refractivity contribution in [2.45, 2.75) is 54.0 Å². The van der Waals surface area contributed by atoms with Crippen LogP contribution in [-0.2, 0) is 4.79 Å². The normalized spacial score (nSPS) is 17.3. The van der Waals surface area contributed by atoms with Crippen molar-refractivity contribution >= 4 is 34.6 Å². The van der Waals surface area contributed by atoms with Gasteiger partial charge in [0.1, 0.15) is 0 Å². The lowest BCUT2D eigenvalue weighted by Gasteiger charge is -2.22. The second-order valence-electron chi connectivity index (χ2n) is 8.62. The molecule has 0 aliphatic carbocycles. The minimum absolute atomic E-state index is 0.0155. The van der Waals surface area contributed by atoms with E-state index in [2.05, 4.69) is 27.7 Å². The van der Waals surface area contributed by atoms with E-state index in [1.165, 1.54) is 17.3 Å². The van der Waals surface area contributed by atoms with E-state index in [0.29, 0.717) is 35.0 Å². The molecular weight excluding hydrogens is 432 g/mol. The largest absolute Gasteiger partial charge is 0.490 e. The molecule has 0 spiro atoms.